The minimum Gasteiger partial charge on any atom is -0.377 e. The van der Waals surface area contributed by atoms with E-state index in [0.29, 0.717) is 6.54 Å². The van der Waals surface area contributed by atoms with Gasteiger partial charge in [-0.05, 0) is 30.9 Å². The lowest BCUT2D eigenvalue weighted by atomic mass is 10.4. The van der Waals surface area contributed by atoms with Crippen molar-refractivity contribution >= 4 is 20.6 Å². The van der Waals surface area contributed by atoms with Gasteiger partial charge in [0.1, 0.15) is 0 Å². The maximum atomic E-state index is 5.40. The van der Waals surface area contributed by atoms with Crippen molar-refractivity contribution in [2.24, 2.45) is 5.73 Å². The Bertz CT molecular complexity index is 217. The minimum absolute atomic E-state index is 0.704. The maximum Gasteiger partial charge on any atom is 0.500 e. The van der Waals surface area contributed by atoms with Gasteiger partial charge in [0.2, 0.25) is 0 Å². The molecule has 21 heavy (non-hydrogen) atoms. The summed E-state index contributed by atoms with van der Waals surface area (Å²) in [7, 11) is 2.65. The summed E-state index contributed by atoms with van der Waals surface area (Å²) in [5, 5.41) is 6.68. The van der Waals surface area contributed by atoms with E-state index in [4.69, 9.17) is 19.0 Å². The van der Waals surface area contributed by atoms with Gasteiger partial charge in [-0.1, -0.05) is 0 Å². The van der Waals surface area contributed by atoms with Crippen molar-refractivity contribution in [3.05, 3.63) is 0 Å². The van der Waals surface area contributed by atoms with Crippen LogP contribution < -0.4 is 16.4 Å². The van der Waals surface area contributed by atoms with Crippen LogP contribution in [0.1, 0.15) is 12.8 Å². The molecule has 4 N–H and O–H groups in total. The summed E-state index contributed by atoms with van der Waals surface area (Å²) in [5.41, 5.74) is 5.40. The monoisotopic (exact) mass is 339 g/mol. The Morgan fingerprint density at radius 2 is 1.43 bits per heavy atom. The second-order valence-corrected chi connectivity index (χ2v) is 8.97. The zero-order valence-corrected chi connectivity index (χ0v) is 15.6. The second kappa shape index (κ2) is 15.2. The van der Waals surface area contributed by atoms with Crippen molar-refractivity contribution in [3.8, 4) is 0 Å². The fourth-order valence-corrected chi connectivity index (χ4v) is 4.76. The number of hydrogen-bond acceptors (Lipinski definition) is 7. The maximum absolute atomic E-state index is 5.40. The van der Waals surface area contributed by atoms with Gasteiger partial charge in [-0.3, -0.25) is 0 Å². The van der Waals surface area contributed by atoms with Crippen molar-refractivity contribution in [1.29, 1.82) is 0 Å². The highest BCUT2D eigenvalue weighted by molar-refractivity contribution is 7.99. The molecule has 0 unspecified atom stereocenters. The van der Waals surface area contributed by atoms with Crippen molar-refractivity contribution in [3.63, 3.8) is 0 Å². The van der Waals surface area contributed by atoms with Crippen LogP contribution in [0, 0.1) is 0 Å². The summed E-state index contributed by atoms with van der Waals surface area (Å²) >= 11 is 1.98. The molecule has 0 fully saturated rings. The van der Waals surface area contributed by atoms with E-state index in [9.17, 15) is 0 Å². The van der Waals surface area contributed by atoms with E-state index in [1.165, 1.54) is 12.2 Å². The lowest BCUT2D eigenvalue weighted by Crippen LogP contribution is -2.42. The second-order valence-electron chi connectivity index (χ2n) is 4.65. The molecule has 6 nitrogen and oxygen atoms in total. The van der Waals surface area contributed by atoms with Crippen LogP contribution in [0.3, 0.4) is 0 Å². The third-order valence-corrected chi connectivity index (χ3v) is 7.13. The molecule has 0 aliphatic carbocycles. The quantitative estimate of drug-likeness (QED) is 0.279. The molecule has 0 aromatic carbocycles. The molecule has 0 saturated heterocycles. The number of nitrogens with two attached hydrogens (primary N) is 1. The number of thioether (sulfide) groups is 1. The van der Waals surface area contributed by atoms with Gasteiger partial charge in [0.05, 0.1) is 0 Å². The Kier molecular flexibility index (Phi) is 15.5. The molecular weight excluding hydrogens is 306 g/mol. The number of rotatable bonds is 16. The van der Waals surface area contributed by atoms with Gasteiger partial charge < -0.3 is 29.6 Å². The molecule has 0 aliphatic heterocycles. The molecule has 0 aromatic heterocycles. The van der Waals surface area contributed by atoms with E-state index in [1.807, 2.05) is 11.8 Å². The Balaban J connectivity index is 3.29. The van der Waals surface area contributed by atoms with Gasteiger partial charge in [0.25, 0.3) is 0 Å². The van der Waals surface area contributed by atoms with E-state index in [2.05, 4.69) is 10.6 Å². The number of nitrogens with one attached hydrogen (secondary N) is 2. The first-order valence-corrected chi connectivity index (χ1v) is 10.7. The van der Waals surface area contributed by atoms with Crippen molar-refractivity contribution < 1.29 is 13.3 Å². The summed E-state index contributed by atoms with van der Waals surface area (Å²) in [6.45, 7) is 4.67. The van der Waals surface area contributed by atoms with Gasteiger partial charge in [-0.25, -0.2) is 0 Å². The van der Waals surface area contributed by atoms with E-state index in [0.717, 1.165) is 44.4 Å². The summed E-state index contributed by atoms with van der Waals surface area (Å²) < 4.78 is 16.2. The predicted molar refractivity (Wildman–Crippen MR) is 92.9 cm³/mol. The van der Waals surface area contributed by atoms with Crippen LogP contribution in [-0.4, -0.2) is 74.4 Å². The molecule has 0 aromatic rings. The SMILES string of the molecule is CO[Si](CCCSCCCNCCNCCN)(OC)OC. The highest BCUT2D eigenvalue weighted by atomic mass is 32.2. The third-order valence-electron chi connectivity index (χ3n) is 3.15. The van der Waals surface area contributed by atoms with Crippen LogP contribution >= 0.6 is 11.8 Å². The normalized spacial score (nSPS) is 12.0. The average molecular weight is 340 g/mol. The highest BCUT2D eigenvalue weighted by Crippen LogP contribution is 2.17. The summed E-state index contributed by atoms with van der Waals surface area (Å²) in [6, 6.07) is 0.883. The lowest BCUT2D eigenvalue weighted by molar-refractivity contribution is 0.123. The van der Waals surface area contributed by atoms with Crippen LogP contribution in [0.4, 0.5) is 0 Å². The van der Waals surface area contributed by atoms with Gasteiger partial charge in [0.15, 0.2) is 0 Å². The summed E-state index contributed by atoms with van der Waals surface area (Å²) in [4.78, 5) is 0. The first-order valence-electron chi connectivity index (χ1n) is 7.59. The smallest absolute Gasteiger partial charge is 0.377 e. The molecule has 0 spiro atoms. The molecule has 0 aliphatic rings. The largest absolute Gasteiger partial charge is 0.500 e. The minimum atomic E-state index is -2.36. The average Bonchev–Trinajstić information content (AvgIpc) is 2.53. The van der Waals surface area contributed by atoms with Crippen LogP contribution in [-0.2, 0) is 13.3 Å². The first kappa shape index (κ1) is 21.3. The summed E-state index contributed by atoms with van der Waals surface area (Å²) in [6.07, 6.45) is 2.27. The molecule has 0 radical (unpaired) electrons. The zero-order chi connectivity index (χ0) is 15.8. The molecule has 0 amide bonds. The Labute approximate surface area is 135 Å². The van der Waals surface area contributed by atoms with Crippen LogP contribution in [0.2, 0.25) is 6.04 Å². The lowest BCUT2D eigenvalue weighted by Gasteiger charge is -2.24. The zero-order valence-electron chi connectivity index (χ0n) is 13.8. The Hall–Kier alpha value is 0.327. The number of hydrogen-bond donors (Lipinski definition) is 3. The Morgan fingerprint density at radius 1 is 0.857 bits per heavy atom. The first-order chi connectivity index (χ1) is 10.2. The molecule has 0 atom stereocenters. The van der Waals surface area contributed by atoms with Crippen LogP contribution in [0.15, 0.2) is 0 Å². The van der Waals surface area contributed by atoms with Gasteiger partial charge in [-0.2, -0.15) is 11.8 Å². The van der Waals surface area contributed by atoms with Crippen molar-refractivity contribution in [1.82, 2.24) is 10.6 Å². The van der Waals surface area contributed by atoms with E-state index in [1.54, 1.807) is 21.3 Å². The standard InChI is InChI=1S/C13H33N3O3SSi/c1-17-21(18-2,19-3)13-5-12-20-11-4-7-15-9-10-16-8-6-14/h15-16H,4-14H2,1-3H3. The molecule has 0 heterocycles. The van der Waals surface area contributed by atoms with E-state index in [-0.39, 0.29) is 0 Å². The van der Waals surface area contributed by atoms with Gasteiger partial charge in [-0.15, -0.1) is 0 Å². The Morgan fingerprint density at radius 3 is 2.00 bits per heavy atom. The summed E-state index contributed by atoms with van der Waals surface area (Å²) in [5.74, 6) is 2.31. The third kappa shape index (κ3) is 11.5. The molecule has 0 rings (SSSR count). The molecule has 128 valence electrons. The highest BCUT2D eigenvalue weighted by Gasteiger charge is 2.36. The fourth-order valence-electron chi connectivity index (χ4n) is 1.88. The topological polar surface area (TPSA) is 77.8 Å². The van der Waals surface area contributed by atoms with Crippen molar-refractivity contribution in [2.45, 2.75) is 18.9 Å². The van der Waals surface area contributed by atoms with Crippen LogP contribution in [0.5, 0.6) is 0 Å². The molecule has 0 bridgehead atoms. The van der Waals surface area contributed by atoms with Crippen molar-refractivity contribution in [2.75, 3.05) is 65.6 Å². The fraction of sp³-hybridized carbons (Fsp3) is 1.00. The molecule has 0 saturated carbocycles. The van der Waals surface area contributed by atoms with Gasteiger partial charge in [0, 0.05) is 53.6 Å². The molecule has 8 heteroatoms. The van der Waals surface area contributed by atoms with Gasteiger partial charge >= 0.3 is 8.80 Å². The molecular formula is C13H33N3O3SSi. The predicted octanol–water partition coefficient (Wildman–Crippen LogP) is 0.516. The van der Waals surface area contributed by atoms with E-state index < -0.39 is 8.80 Å². The van der Waals surface area contributed by atoms with Crippen LogP contribution in [0.25, 0.3) is 0 Å². The van der Waals surface area contributed by atoms with E-state index >= 15 is 0 Å².